The van der Waals surface area contributed by atoms with Gasteiger partial charge in [-0.3, -0.25) is 0 Å². The Morgan fingerprint density at radius 1 is 1.25 bits per heavy atom. The predicted octanol–water partition coefficient (Wildman–Crippen LogP) is 2.30. The van der Waals surface area contributed by atoms with E-state index in [1.807, 2.05) is 0 Å². The van der Waals surface area contributed by atoms with Crippen LogP contribution in [0.1, 0.15) is 30.4 Å². The summed E-state index contributed by atoms with van der Waals surface area (Å²) in [5, 5.41) is 0. The van der Waals surface area contributed by atoms with Crippen molar-refractivity contribution >= 4 is 0 Å². The van der Waals surface area contributed by atoms with Gasteiger partial charge in [0.2, 0.25) is 6.79 Å². The van der Waals surface area contributed by atoms with E-state index in [0.717, 1.165) is 12.8 Å². The van der Waals surface area contributed by atoms with Crippen molar-refractivity contribution in [3.8, 4) is 11.5 Å². The summed E-state index contributed by atoms with van der Waals surface area (Å²) in [6.07, 6.45) is -0.916. The molecule has 0 atom stereocenters. The fraction of sp³-hybridized carbons (Fsp3) is 0.455. The van der Waals surface area contributed by atoms with Crippen molar-refractivity contribution in [1.82, 2.24) is 0 Å². The Morgan fingerprint density at radius 2 is 2.00 bits per heavy atom. The zero-order valence-corrected chi connectivity index (χ0v) is 8.50. The van der Waals surface area contributed by atoms with Gasteiger partial charge < -0.3 is 15.2 Å². The molecular formula is C11H11F2NO2. The Morgan fingerprint density at radius 3 is 2.62 bits per heavy atom. The molecule has 0 spiro atoms. The zero-order valence-electron chi connectivity index (χ0n) is 8.50. The monoisotopic (exact) mass is 227 g/mol. The number of nitrogens with two attached hydrogens (primary N) is 1. The molecule has 5 heteroatoms. The van der Waals surface area contributed by atoms with Crippen LogP contribution in [0.3, 0.4) is 0 Å². The minimum absolute atomic E-state index is 0.0593. The van der Waals surface area contributed by atoms with Crippen LogP contribution >= 0.6 is 0 Å². The van der Waals surface area contributed by atoms with E-state index in [0.29, 0.717) is 17.1 Å². The van der Waals surface area contributed by atoms with Crippen molar-refractivity contribution in [3.05, 3.63) is 23.3 Å². The summed E-state index contributed by atoms with van der Waals surface area (Å²) in [4.78, 5) is 0. The van der Waals surface area contributed by atoms with Gasteiger partial charge in [0.05, 0.1) is 0 Å². The van der Waals surface area contributed by atoms with E-state index in [4.69, 9.17) is 15.2 Å². The highest BCUT2D eigenvalue weighted by molar-refractivity contribution is 5.55. The van der Waals surface area contributed by atoms with E-state index in [9.17, 15) is 8.78 Å². The first-order chi connectivity index (χ1) is 7.60. The van der Waals surface area contributed by atoms with Crippen molar-refractivity contribution in [2.24, 2.45) is 5.73 Å². The zero-order chi connectivity index (χ0) is 11.3. The highest BCUT2D eigenvalue weighted by Crippen LogP contribution is 2.51. The topological polar surface area (TPSA) is 44.5 Å². The fourth-order valence-corrected chi connectivity index (χ4v) is 1.93. The molecule has 1 heterocycles. The third kappa shape index (κ3) is 1.35. The molecular weight excluding hydrogens is 216 g/mol. The van der Waals surface area contributed by atoms with Crippen LogP contribution in [-0.2, 0) is 5.54 Å². The maximum Gasteiger partial charge on any atom is 0.263 e. The quantitative estimate of drug-likeness (QED) is 0.843. The minimum atomic E-state index is -2.52. The molecule has 3 rings (SSSR count). The average Bonchev–Trinajstić information content (AvgIpc) is 2.82. The van der Waals surface area contributed by atoms with Gasteiger partial charge in [-0.15, -0.1) is 0 Å². The molecule has 2 aliphatic rings. The number of hydrogen-bond acceptors (Lipinski definition) is 3. The molecule has 3 nitrogen and oxygen atoms in total. The third-order valence-corrected chi connectivity index (χ3v) is 3.07. The molecule has 1 aliphatic carbocycles. The number of rotatable bonds is 2. The smallest absolute Gasteiger partial charge is 0.263 e. The minimum Gasteiger partial charge on any atom is -0.454 e. The second-order valence-corrected chi connectivity index (χ2v) is 4.26. The van der Waals surface area contributed by atoms with Crippen molar-refractivity contribution in [2.75, 3.05) is 6.79 Å². The van der Waals surface area contributed by atoms with Crippen LogP contribution in [-0.4, -0.2) is 6.79 Å². The molecule has 1 fully saturated rings. The molecule has 86 valence electrons. The Labute approximate surface area is 91.1 Å². The van der Waals surface area contributed by atoms with Gasteiger partial charge in [0, 0.05) is 16.7 Å². The van der Waals surface area contributed by atoms with Crippen LogP contribution in [0.25, 0.3) is 0 Å². The average molecular weight is 227 g/mol. The number of fused-ring (bicyclic) bond motifs is 1. The van der Waals surface area contributed by atoms with E-state index in [1.165, 1.54) is 12.1 Å². The lowest BCUT2D eigenvalue weighted by Gasteiger charge is -2.14. The number of benzene rings is 1. The molecule has 16 heavy (non-hydrogen) atoms. The SMILES string of the molecule is NC1(c2cc(C(F)F)cc3c2OCO3)CC1. The van der Waals surface area contributed by atoms with Crippen LogP contribution < -0.4 is 15.2 Å². The third-order valence-electron chi connectivity index (χ3n) is 3.07. The first-order valence-corrected chi connectivity index (χ1v) is 5.11. The van der Waals surface area contributed by atoms with Gasteiger partial charge in [0.25, 0.3) is 6.43 Å². The van der Waals surface area contributed by atoms with Crippen LogP contribution in [0.15, 0.2) is 12.1 Å². The van der Waals surface area contributed by atoms with Gasteiger partial charge in [0.1, 0.15) is 0 Å². The maximum atomic E-state index is 12.7. The molecule has 1 aromatic carbocycles. The number of halogens is 2. The number of ether oxygens (including phenoxy) is 2. The van der Waals surface area contributed by atoms with E-state index in [-0.39, 0.29) is 12.4 Å². The lowest BCUT2D eigenvalue weighted by Crippen LogP contribution is -2.19. The Bertz CT molecular complexity index is 444. The number of hydrogen-bond donors (Lipinski definition) is 1. The summed E-state index contributed by atoms with van der Waals surface area (Å²) in [5.74, 6) is 0.911. The molecule has 1 aliphatic heterocycles. The van der Waals surface area contributed by atoms with Crippen LogP contribution in [0, 0.1) is 0 Å². The van der Waals surface area contributed by atoms with Gasteiger partial charge in [-0.05, 0) is 25.0 Å². The van der Waals surface area contributed by atoms with E-state index in [1.54, 1.807) is 0 Å². The van der Waals surface area contributed by atoms with Gasteiger partial charge in [-0.2, -0.15) is 0 Å². The van der Waals surface area contributed by atoms with Gasteiger partial charge >= 0.3 is 0 Å². The van der Waals surface area contributed by atoms with E-state index < -0.39 is 12.0 Å². The molecule has 2 N–H and O–H groups in total. The van der Waals surface area contributed by atoms with Crippen LogP contribution in [0.5, 0.6) is 11.5 Å². The molecule has 0 amide bonds. The van der Waals surface area contributed by atoms with Gasteiger partial charge in [0.15, 0.2) is 11.5 Å². The van der Waals surface area contributed by atoms with Crippen LogP contribution in [0.2, 0.25) is 0 Å². The summed E-state index contributed by atoms with van der Waals surface area (Å²) in [5.41, 5.74) is 6.12. The summed E-state index contributed by atoms with van der Waals surface area (Å²) in [6, 6.07) is 2.76. The molecule has 1 aromatic rings. The van der Waals surface area contributed by atoms with E-state index in [2.05, 4.69) is 0 Å². The molecule has 0 bridgehead atoms. The first-order valence-electron chi connectivity index (χ1n) is 5.11. The Balaban J connectivity index is 2.14. The summed E-state index contributed by atoms with van der Waals surface area (Å²) in [6.45, 7) is 0.0745. The normalized spacial score (nSPS) is 20.2. The molecule has 0 radical (unpaired) electrons. The van der Waals surface area contributed by atoms with Gasteiger partial charge in [-0.1, -0.05) is 0 Å². The van der Waals surface area contributed by atoms with E-state index >= 15 is 0 Å². The first kappa shape index (κ1) is 9.84. The summed E-state index contributed by atoms with van der Waals surface area (Å²) in [7, 11) is 0. The van der Waals surface area contributed by atoms with Crippen molar-refractivity contribution in [1.29, 1.82) is 0 Å². The second kappa shape index (κ2) is 3.07. The lowest BCUT2D eigenvalue weighted by atomic mass is 10.0. The highest BCUT2D eigenvalue weighted by Gasteiger charge is 2.44. The molecule has 0 aromatic heterocycles. The van der Waals surface area contributed by atoms with Crippen molar-refractivity contribution in [2.45, 2.75) is 24.8 Å². The highest BCUT2D eigenvalue weighted by atomic mass is 19.3. The van der Waals surface area contributed by atoms with Crippen molar-refractivity contribution in [3.63, 3.8) is 0 Å². The summed E-state index contributed by atoms with van der Waals surface area (Å²) >= 11 is 0. The fourth-order valence-electron chi connectivity index (χ4n) is 1.93. The van der Waals surface area contributed by atoms with Gasteiger partial charge in [-0.25, -0.2) is 8.78 Å². The lowest BCUT2D eigenvalue weighted by molar-refractivity contribution is 0.150. The predicted molar refractivity (Wildman–Crippen MR) is 52.6 cm³/mol. The second-order valence-electron chi connectivity index (χ2n) is 4.26. The number of alkyl halides is 2. The Hall–Kier alpha value is -1.36. The molecule has 0 saturated heterocycles. The molecule has 1 saturated carbocycles. The van der Waals surface area contributed by atoms with Crippen molar-refractivity contribution < 1.29 is 18.3 Å². The standard InChI is InChI=1S/C11H11F2NO2/c12-10(13)6-3-7(11(14)1-2-11)9-8(4-6)15-5-16-9/h3-4,10H,1-2,5,14H2. The maximum absolute atomic E-state index is 12.7. The molecule has 0 unspecified atom stereocenters. The largest absolute Gasteiger partial charge is 0.454 e. The summed E-state index contributed by atoms with van der Waals surface area (Å²) < 4.78 is 35.8. The Kier molecular flexibility index (Phi) is 1.89. The van der Waals surface area contributed by atoms with Crippen LogP contribution in [0.4, 0.5) is 8.78 Å².